The Hall–Kier alpha value is -4.01. The number of likely N-dealkylation sites (N-methyl/N-ethyl adjacent to an activating group) is 1. The average Bonchev–Trinajstić information content (AvgIpc) is 3.32. The van der Waals surface area contributed by atoms with Crippen molar-refractivity contribution in [2.45, 2.75) is 11.3 Å². The molecule has 3 aromatic heterocycles. The van der Waals surface area contributed by atoms with Gasteiger partial charge in [0.1, 0.15) is 16.3 Å². The molecule has 4 aromatic rings. The molecule has 0 atom stereocenters. The second kappa shape index (κ2) is 10.3. The number of anilines is 1. The van der Waals surface area contributed by atoms with E-state index in [0.29, 0.717) is 35.4 Å². The van der Waals surface area contributed by atoms with Crippen LogP contribution in [0.5, 0.6) is 5.75 Å². The third-order valence-corrected chi connectivity index (χ3v) is 8.22. The molecule has 39 heavy (non-hydrogen) atoms. The normalized spacial score (nSPS) is 15.4. The topological polar surface area (TPSA) is 121 Å². The first-order valence-electron chi connectivity index (χ1n) is 11.8. The van der Waals surface area contributed by atoms with E-state index in [1.54, 1.807) is 24.4 Å². The molecule has 0 saturated carbocycles. The molecule has 10 nitrogen and oxygen atoms in total. The zero-order chi connectivity index (χ0) is 27.8. The number of alkyl halides is 3. The first-order chi connectivity index (χ1) is 18.5. The van der Waals surface area contributed by atoms with Gasteiger partial charge in [0.2, 0.25) is 10.0 Å². The zero-order valence-electron chi connectivity index (χ0n) is 20.6. The molecule has 4 heterocycles. The van der Waals surface area contributed by atoms with E-state index in [4.69, 9.17) is 0 Å². The third kappa shape index (κ3) is 5.72. The van der Waals surface area contributed by atoms with Crippen LogP contribution in [0.2, 0.25) is 0 Å². The predicted octanol–water partition coefficient (Wildman–Crippen LogP) is 3.71. The van der Waals surface area contributed by atoms with Crippen molar-refractivity contribution in [3.63, 3.8) is 0 Å². The monoisotopic (exact) mass is 560 g/mol. The lowest BCUT2D eigenvalue weighted by Gasteiger charge is -2.32. The first-order valence-corrected chi connectivity index (χ1v) is 13.2. The van der Waals surface area contributed by atoms with Gasteiger partial charge in [-0.15, -0.1) is 13.2 Å². The smallest absolute Gasteiger partial charge is 0.404 e. The highest BCUT2D eigenvalue weighted by Gasteiger charge is 2.36. The number of nitrogens with zero attached hydrogens (tertiary/aromatic N) is 4. The van der Waals surface area contributed by atoms with Crippen LogP contribution in [-0.4, -0.2) is 78.1 Å². The van der Waals surface area contributed by atoms with Gasteiger partial charge in [-0.2, -0.15) is 4.31 Å². The number of carbonyl (C=O) groups is 1. The standard InChI is InChI=1S/C25H23F3N6O4S/c1-33-7-9-34(10-8-33)39(36,37)22-5-4-16(12-21(22)38-25(26,27)28)17-11-19-20(15-31-23(19)30-13-17)24(35)32-18-3-2-6-29-14-18/h2-6,11-15H,7-10H2,1H3,(H,30,31)(H,32,35). The number of benzene rings is 1. The Morgan fingerprint density at radius 1 is 1.08 bits per heavy atom. The number of hydrogen-bond acceptors (Lipinski definition) is 7. The largest absolute Gasteiger partial charge is 0.573 e. The number of hydrogen-bond donors (Lipinski definition) is 2. The molecule has 1 aliphatic rings. The summed E-state index contributed by atoms with van der Waals surface area (Å²) in [5, 5.41) is 3.14. The van der Waals surface area contributed by atoms with E-state index in [1.165, 1.54) is 24.7 Å². The fourth-order valence-corrected chi connectivity index (χ4v) is 5.77. The highest BCUT2D eigenvalue weighted by atomic mass is 32.2. The molecule has 1 fully saturated rings. The number of ether oxygens (including phenoxy) is 1. The summed E-state index contributed by atoms with van der Waals surface area (Å²) in [7, 11) is -2.42. The van der Waals surface area contributed by atoms with E-state index in [-0.39, 0.29) is 24.2 Å². The number of amides is 1. The van der Waals surface area contributed by atoms with Gasteiger partial charge in [0.05, 0.1) is 17.4 Å². The van der Waals surface area contributed by atoms with E-state index < -0.39 is 32.9 Å². The molecule has 1 saturated heterocycles. The van der Waals surface area contributed by atoms with Crippen LogP contribution in [0.25, 0.3) is 22.2 Å². The number of H-pyrrole nitrogens is 1. The quantitative estimate of drug-likeness (QED) is 0.369. The summed E-state index contributed by atoms with van der Waals surface area (Å²) in [5.74, 6) is -1.29. The number of nitrogens with one attached hydrogen (secondary N) is 2. The number of piperazine rings is 1. The molecule has 5 rings (SSSR count). The summed E-state index contributed by atoms with van der Waals surface area (Å²) in [4.78, 5) is 25.3. The SMILES string of the molecule is CN1CCN(S(=O)(=O)c2ccc(-c3cnc4[nH]cc(C(=O)Nc5cccnc5)c4c3)cc2OC(F)(F)F)CC1. The van der Waals surface area contributed by atoms with Gasteiger partial charge in [-0.3, -0.25) is 9.78 Å². The molecular formula is C25H23F3N6O4S. The molecule has 14 heteroatoms. The summed E-state index contributed by atoms with van der Waals surface area (Å²) in [6.07, 6.45) is 0.803. The molecule has 1 aliphatic heterocycles. The predicted molar refractivity (Wildman–Crippen MR) is 137 cm³/mol. The Balaban J connectivity index is 1.52. The molecule has 0 unspecified atom stereocenters. The number of carbonyl (C=O) groups excluding carboxylic acids is 1. The molecule has 0 radical (unpaired) electrons. The molecule has 0 bridgehead atoms. The van der Waals surface area contributed by atoms with Crippen molar-refractivity contribution in [1.82, 2.24) is 24.2 Å². The molecule has 2 N–H and O–H groups in total. The van der Waals surface area contributed by atoms with Gasteiger partial charge < -0.3 is 19.9 Å². The van der Waals surface area contributed by atoms with Gasteiger partial charge in [-0.25, -0.2) is 13.4 Å². The summed E-state index contributed by atoms with van der Waals surface area (Å²) in [6, 6.07) is 8.42. The molecule has 204 valence electrons. The van der Waals surface area contributed by atoms with Crippen molar-refractivity contribution in [3.05, 3.63) is 66.7 Å². The van der Waals surface area contributed by atoms with Crippen molar-refractivity contribution in [2.24, 2.45) is 0 Å². The molecule has 1 aromatic carbocycles. The van der Waals surface area contributed by atoms with Crippen LogP contribution >= 0.6 is 0 Å². The van der Waals surface area contributed by atoms with E-state index in [2.05, 4.69) is 25.0 Å². The van der Waals surface area contributed by atoms with Crippen molar-refractivity contribution in [1.29, 1.82) is 0 Å². The Morgan fingerprint density at radius 2 is 1.85 bits per heavy atom. The van der Waals surface area contributed by atoms with Gasteiger partial charge in [0.25, 0.3) is 5.91 Å². The Bertz CT molecular complexity index is 1620. The summed E-state index contributed by atoms with van der Waals surface area (Å²) in [5.41, 5.74) is 1.70. The minimum Gasteiger partial charge on any atom is -0.404 e. The van der Waals surface area contributed by atoms with Crippen LogP contribution in [0.4, 0.5) is 18.9 Å². The van der Waals surface area contributed by atoms with Gasteiger partial charge >= 0.3 is 6.36 Å². The highest BCUT2D eigenvalue weighted by Crippen LogP contribution is 2.36. The lowest BCUT2D eigenvalue weighted by atomic mass is 10.1. The number of halogens is 3. The van der Waals surface area contributed by atoms with Crippen LogP contribution in [0, 0.1) is 0 Å². The average molecular weight is 561 g/mol. The number of rotatable bonds is 6. The third-order valence-electron chi connectivity index (χ3n) is 6.28. The van der Waals surface area contributed by atoms with E-state index in [1.807, 2.05) is 11.9 Å². The molecule has 0 aliphatic carbocycles. The Kier molecular flexibility index (Phi) is 7.01. The van der Waals surface area contributed by atoms with Gasteiger partial charge in [0, 0.05) is 55.7 Å². The van der Waals surface area contributed by atoms with Crippen molar-refractivity contribution in [3.8, 4) is 16.9 Å². The van der Waals surface area contributed by atoms with Crippen LogP contribution in [0.3, 0.4) is 0 Å². The minimum atomic E-state index is -5.12. The molecular weight excluding hydrogens is 537 g/mol. The number of fused-ring (bicyclic) bond motifs is 1. The summed E-state index contributed by atoms with van der Waals surface area (Å²) in [6.45, 7) is 1.19. The van der Waals surface area contributed by atoms with E-state index in [0.717, 1.165) is 16.4 Å². The summed E-state index contributed by atoms with van der Waals surface area (Å²) < 4.78 is 71.8. The summed E-state index contributed by atoms with van der Waals surface area (Å²) >= 11 is 0. The Labute approximate surface area is 221 Å². The number of pyridine rings is 2. The highest BCUT2D eigenvalue weighted by molar-refractivity contribution is 7.89. The van der Waals surface area contributed by atoms with E-state index in [9.17, 15) is 26.4 Å². The fraction of sp³-hybridized carbons (Fsp3) is 0.240. The second-order valence-corrected chi connectivity index (χ2v) is 10.8. The van der Waals surface area contributed by atoms with Gasteiger partial charge in [-0.05, 0) is 42.9 Å². The second-order valence-electron chi connectivity index (χ2n) is 8.94. The lowest BCUT2D eigenvalue weighted by Crippen LogP contribution is -2.47. The number of aromatic amines is 1. The van der Waals surface area contributed by atoms with Crippen molar-refractivity contribution >= 4 is 32.7 Å². The first kappa shape index (κ1) is 26.6. The van der Waals surface area contributed by atoms with Crippen LogP contribution in [0.15, 0.2) is 66.1 Å². The van der Waals surface area contributed by atoms with Crippen molar-refractivity contribution in [2.75, 3.05) is 38.5 Å². The minimum absolute atomic E-state index is 0.143. The van der Waals surface area contributed by atoms with Crippen molar-refractivity contribution < 1.29 is 31.1 Å². The Morgan fingerprint density at radius 3 is 2.54 bits per heavy atom. The van der Waals surface area contributed by atoms with Gasteiger partial charge in [0.15, 0.2) is 0 Å². The maximum atomic E-state index is 13.3. The van der Waals surface area contributed by atoms with E-state index >= 15 is 0 Å². The maximum absolute atomic E-state index is 13.3. The fourth-order valence-electron chi connectivity index (χ4n) is 4.26. The molecule has 1 amide bonds. The lowest BCUT2D eigenvalue weighted by molar-refractivity contribution is -0.275. The van der Waals surface area contributed by atoms with Crippen LogP contribution < -0.4 is 10.1 Å². The molecule has 0 spiro atoms. The number of sulfonamides is 1. The number of aromatic nitrogens is 3. The van der Waals surface area contributed by atoms with Gasteiger partial charge in [-0.1, -0.05) is 6.07 Å². The van der Waals surface area contributed by atoms with Crippen LogP contribution in [-0.2, 0) is 10.0 Å². The maximum Gasteiger partial charge on any atom is 0.573 e. The zero-order valence-corrected chi connectivity index (χ0v) is 21.4. The van der Waals surface area contributed by atoms with Crippen LogP contribution in [0.1, 0.15) is 10.4 Å².